The van der Waals surface area contributed by atoms with E-state index in [0.29, 0.717) is 6.04 Å². The third-order valence-corrected chi connectivity index (χ3v) is 4.84. The number of hydrogen-bond acceptors (Lipinski definition) is 4. The topological polar surface area (TPSA) is 50.4 Å². The van der Waals surface area contributed by atoms with Crippen molar-refractivity contribution in [2.75, 3.05) is 11.9 Å². The average Bonchev–Trinajstić information content (AvgIpc) is 2.54. The highest BCUT2D eigenvalue weighted by molar-refractivity contribution is 6.01. The molecule has 1 heterocycles. The van der Waals surface area contributed by atoms with E-state index in [0.717, 1.165) is 23.5 Å². The van der Waals surface area contributed by atoms with Crippen LogP contribution in [0.5, 0.6) is 5.75 Å². The number of benzene rings is 1. The molecule has 126 valence electrons. The van der Waals surface area contributed by atoms with Crippen molar-refractivity contribution in [3.63, 3.8) is 0 Å². The predicted octanol–water partition coefficient (Wildman–Crippen LogP) is 3.76. The minimum absolute atomic E-state index is 0.142. The molecular formula is C19H28N2O2. The molecule has 1 saturated carbocycles. The van der Waals surface area contributed by atoms with Gasteiger partial charge in [0.1, 0.15) is 11.4 Å². The number of nitrogens with one attached hydrogen (secondary N) is 2. The molecule has 4 heteroatoms. The van der Waals surface area contributed by atoms with Gasteiger partial charge < -0.3 is 15.4 Å². The van der Waals surface area contributed by atoms with Crippen LogP contribution in [0.15, 0.2) is 18.2 Å². The van der Waals surface area contributed by atoms with E-state index in [1.807, 2.05) is 25.1 Å². The number of fused-ring (bicyclic) bond motifs is 1. The first kappa shape index (κ1) is 16.3. The van der Waals surface area contributed by atoms with Gasteiger partial charge in [-0.25, -0.2) is 0 Å². The van der Waals surface area contributed by atoms with E-state index in [1.54, 1.807) is 0 Å². The van der Waals surface area contributed by atoms with E-state index in [9.17, 15) is 4.79 Å². The SMILES string of the molecule is CC(NC1CCCCC1)C(=O)c1ccc2c(c1)NCC(C)(C)O2. The zero-order chi connectivity index (χ0) is 16.4. The molecule has 1 aromatic rings. The molecule has 2 N–H and O–H groups in total. The van der Waals surface area contributed by atoms with Crippen LogP contribution >= 0.6 is 0 Å². The first-order valence-electron chi connectivity index (χ1n) is 8.82. The summed E-state index contributed by atoms with van der Waals surface area (Å²) in [5.41, 5.74) is 1.45. The normalized spacial score (nSPS) is 21.7. The molecule has 1 unspecified atom stereocenters. The molecule has 0 aromatic heterocycles. The van der Waals surface area contributed by atoms with E-state index in [4.69, 9.17) is 4.74 Å². The van der Waals surface area contributed by atoms with Crippen LogP contribution < -0.4 is 15.4 Å². The van der Waals surface area contributed by atoms with Crippen molar-refractivity contribution in [3.8, 4) is 5.75 Å². The number of ether oxygens (including phenoxy) is 1. The van der Waals surface area contributed by atoms with Gasteiger partial charge in [0.2, 0.25) is 0 Å². The Morgan fingerprint density at radius 2 is 2.04 bits per heavy atom. The van der Waals surface area contributed by atoms with Gasteiger partial charge in [0.15, 0.2) is 5.78 Å². The standard InChI is InChI=1S/C19H28N2O2/c1-13(21-15-7-5-4-6-8-15)18(22)14-9-10-17-16(11-14)20-12-19(2,3)23-17/h9-11,13,15,20-21H,4-8,12H2,1-3H3. The van der Waals surface area contributed by atoms with Crippen molar-refractivity contribution in [1.29, 1.82) is 0 Å². The Hall–Kier alpha value is -1.55. The number of hydrogen-bond donors (Lipinski definition) is 2. The Kier molecular flexibility index (Phi) is 4.62. The molecule has 1 aliphatic heterocycles. The lowest BCUT2D eigenvalue weighted by Crippen LogP contribution is -2.42. The maximum atomic E-state index is 12.7. The van der Waals surface area contributed by atoms with E-state index in [-0.39, 0.29) is 17.4 Å². The molecule has 23 heavy (non-hydrogen) atoms. The van der Waals surface area contributed by atoms with Gasteiger partial charge in [-0.15, -0.1) is 0 Å². The van der Waals surface area contributed by atoms with Crippen molar-refractivity contribution in [3.05, 3.63) is 23.8 Å². The van der Waals surface area contributed by atoms with Crippen LogP contribution in [-0.2, 0) is 0 Å². The fraction of sp³-hybridized carbons (Fsp3) is 0.632. The fourth-order valence-corrected chi connectivity index (χ4v) is 3.50. The largest absolute Gasteiger partial charge is 0.484 e. The molecule has 1 atom stereocenters. The quantitative estimate of drug-likeness (QED) is 0.830. The van der Waals surface area contributed by atoms with Crippen molar-refractivity contribution in [2.45, 2.75) is 70.6 Å². The Bertz CT molecular complexity index is 577. The molecule has 0 bridgehead atoms. The summed E-state index contributed by atoms with van der Waals surface area (Å²) in [5.74, 6) is 0.982. The molecule has 4 nitrogen and oxygen atoms in total. The highest BCUT2D eigenvalue weighted by atomic mass is 16.5. The van der Waals surface area contributed by atoms with Gasteiger partial charge in [-0.2, -0.15) is 0 Å². The molecule has 2 aliphatic rings. The molecule has 0 spiro atoms. The smallest absolute Gasteiger partial charge is 0.179 e. The van der Waals surface area contributed by atoms with E-state index < -0.39 is 0 Å². The summed E-state index contributed by atoms with van der Waals surface area (Å²) in [5, 5.41) is 6.88. The second-order valence-electron chi connectivity index (χ2n) is 7.51. The van der Waals surface area contributed by atoms with Crippen LogP contribution in [0.4, 0.5) is 5.69 Å². The van der Waals surface area contributed by atoms with Crippen molar-refractivity contribution < 1.29 is 9.53 Å². The van der Waals surface area contributed by atoms with Crippen molar-refractivity contribution in [2.24, 2.45) is 0 Å². The van der Waals surface area contributed by atoms with E-state index >= 15 is 0 Å². The number of carbonyl (C=O) groups excluding carboxylic acids is 1. The first-order chi connectivity index (χ1) is 10.9. The lowest BCUT2D eigenvalue weighted by atomic mass is 9.94. The average molecular weight is 316 g/mol. The molecular weight excluding hydrogens is 288 g/mol. The van der Waals surface area contributed by atoms with Gasteiger partial charge in [0.05, 0.1) is 18.3 Å². The number of Topliss-reactive ketones (excluding diaryl/α,β-unsaturated/α-hetero) is 1. The van der Waals surface area contributed by atoms with Crippen LogP contribution in [0.3, 0.4) is 0 Å². The third-order valence-electron chi connectivity index (χ3n) is 4.84. The lowest BCUT2D eigenvalue weighted by molar-refractivity contribution is 0.0940. The summed E-state index contributed by atoms with van der Waals surface area (Å²) in [4.78, 5) is 12.7. The monoisotopic (exact) mass is 316 g/mol. The third kappa shape index (κ3) is 3.86. The molecule has 1 fully saturated rings. The highest BCUT2D eigenvalue weighted by Crippen LogP contribution is 2.33. The van der Waals surface area contributed by atoms with Crippen molar-refractivity contribution >= 4 is 11.5 Å². The zero-order valence-corrected chi connectivity index (χ0v) is 14.4. The predicted molar refractivity (Wildman–Crippen MR) is 93.4 cm³/mol. The Balaban J connectivity index is 1.67. The summed E-state index contributed by atoms with van der Waals surface area (Å²) in [6, 6.07) is 6.05. The summed E-state index contributed by atoms with van der Waals surface area (Å²) in [6.07, 6.45) is 6.24. The molecule has 0 amide bonds. The van der Waals surface area contributed by atoms with E-state index in [2.05, 4.69) is 24.5 Å². The van der Waals surface area contributed by atoms with Gasteiger partial charge in [-0.3, -0.25) is 4.79 Å². The molecule has 0 saturated heterocycles. The second-order valence-corrected chi connectivity index (χ2v) is 7.51. The molecule has 1 aromatic carbocycles. The highest BCUT2D eigenvalue weighted by Gasteiger charge is 2.27. The maximum absolute atomic E-state index is 12.7. The molecule has 0 radical (unpaired) electrons. The van der Waals surface area contributed by atoms with Gasteiger partial charge >= 0.3 is 0 Å². The Labute approximate surface area is 139 Å². The minimum atomic E-state index is -0.214. The van der Waals surface area contributed by atoms with Gasteiger partial charge in [0.25, 0.3) is 0 Å². The minimum Gasteiger partial charge on any atom is -0.484 e. The Morgan fingerprint density at radius 3 is 2.78 bits per heavy atom. The number of ketones is 1. The fourth-order valence-electron chi connectivity index (χ4n) is 3.50. The van der Waals surface area contributed by atoms with Crippen LogP contribution in [0.2, 0.25) is 0 Å². The first-order valence-corrected chi connectivity index (χ1v) is 8.82. The van der Waals surface area contributed by atoms with Gasteiger partial charge in [0, 0.05) is 11.6 Å². The van der Waals surface area contributed by atoms with Gasteiger partial charge in [-0.1, -0.05) is 19.3 Å². The van der Waals surface area contributed by atoms with Crippen LogP contribution in [-0.4, -0.2) is 30.0 Å². The molecule has 3 rings (SSSR count). The summed E-state index contributed by atoms with van der Waals surface area (Å²) in [7, 11) is 0. The van der Waals surface area contributed by atoms with Crippen molar-refractivity contribution in [1.82, 2.24) is 5.32 Å². The number of carbonyl (C=O) groups is 1. The van der Waals surface area contributed by atoms with Crippen LogP contribution in [0.25, 0.3) is 0 Å². The number of rotatable bonds is 4. The zero-order valence-electron chi connectivity index (χ0n) is 14.4. The van der Waals surface area contributed by atoms with Crippen LogP contribution in [0, 0.1) is 0 Å². The molecule has 1 aliphatic carbocycles. The Morgan fingerprint density at radius 1 is 1.30 bits per heavy atom. The number of anilines is 1. The van der Waals surface area contributed by atoms with Gasteiger partial charge in [-0.05, 0) is 51.8 Å². The van der Waals surface area contributed by atoms with E-state index in [1.165, 1.54) is 32.1 Å². The van der Waals surface area contributed by atoms with Crippen LogP contribution in [0.1, 0.15) is 63.2 Å². The summed E-state index contributed by atoms with van der Waals surface area (Å²) >= 11 is 0. The lowest BCUT2D eigenvalue weighted by Gasteiger charge is -2.33. The summed E-state index contributed by atoms with van der Waals surface area (Å²) in [6.45, 7) is 6.83. The maximum Gasteiger partial charge on any atom is 0.179 e. The second kappa shape index (κ2) is 6.52. The summed E-state index contributed by atoms with van der Waals surface area (Å²) < 4.78 is 5.95.